The first kappa shape index (κ1) is 24.0. The second kappa shape index (κ2) is 9.40. The minimum absolute atomic E-state index is 0.0926. The summed E-state index contributed by atoms with van der Waals surface area (Å²) < 4.78 is 7.36. The molecule has 1 amide bonds. The maximum Gasteiger partial charge on any atom is 0.290 e. The van der Waals surface area contributed by atoms with Crippen LogP contribution in [-0.4, -0.2) is 70.3 Å². The number of para-hydroxylation sites is 2. The number of aryl methyl sites for hydroxylation is 1. The van der Waals surface area contributed by atoms with Crippen molar-refractivity contribution in [3.8, 4) is 5.75 Å². The molecular weight excluding hydrogens is 476 g/mol. The van der Waals surface area contributed by atoms with Crippen LogP contribution in [0.4, 0.5) is 0 Å². The highest BCUT2D eigenvalue weighted by Crippen LogP contribution is 2.41. The van der Waals surface area contributed by atoms with Crippen LogP contribution in [0.1, 0.15) is 33.4 Å². The Morgan fingerprint density at radius 1 is 1.19 bits per heavy atom. The summed E-state index contributed by atoms with van der Waals surface area (Å²) in [6.07, 6.45) is 0.700. The van der Waals surface area contributed by atoms with E-state index in [1.165, 1.54) is 11.3 Å². The zero-order valence-corrected chi connectivity index (χ0v) is 21.5. The Labute approximate surface area is 213 Å². The molecule has 1 unspecified atom stereocenters. The Bertz CT molecular complexity index is 1520. The number of imidazole rings is 1. The van der Waals surface area contributed by atoms with Gasteiger partial charge in [0.1, 0.15) is 5.75 Å². The van der Waals surface area contributed by atoms with E-state index in [1.807, 2.05) is 78.9 Å². The van der Waals surface area contributed by atoms with Crippen LogP contribution >= 0.6 is 11.3 Å². The van der Waals surface area contributed by atoms with E-state index in [9.17, 15) is 14.7 Å². The highest BCUT2D eigenvalue weighted by molar-refractivity contribution is 7.19. The smallest absolute Gasteiger partial charge is 0.290 e. The zero-order chi connectivity index (χ0) is 25.6. The van der Waals surface area contributed by atoms with Gasteiger partial charge in [0.05, 0.1) is 34.6 Å². The Morgan fingerprint density at radius 3 is 2.72 bits per heavy atom. The molecule has 0 spiro atoms. The molecule has 1 aliphatic rings. The van der Waals surface area contributed by atoms with Crippen LogP contribution in [0.5, 0.6) is 5.75 Å². The van der Waals surface area contributed by atoms with Crippen molar-refractivity contribution in [1.82, 2.24) is 19.2 Å². The number of fused-ring (bicyclic) bond motifs is 3. The van der Waals surface area contributed by atoms with Gasteiger partial charge in [-0.2, -0.15) is 0 Å². The quantitative estimate of drug-likeness (QED) is 0.358. The summed E-state index contributed by atoms with van der Waals surface area (Å²) in [5.41, 5.74) is 3.30. The van der Waals surface area contributed by atoms with Crippen molar-refractivity contribution in [1.29, 1.82) is 0 Å². The number of benzene rings is 2. The summed E-state index contributed by atoms with van der Waals surface area (Å²) in [6.45, 7) is 3.04. The van der Waals surface area contributed by atoms with Gasteiger partial charge >= 0.3 is 0 Å². The number of carbonyl (C=O) groups excluding carboxylic acids is 2. The van der Waals surface area contributed by atoms with Gasteiger partial charge in [-0.1, -0.05) is 35.6 Å². The lowest BCUT2D eigenvalue weighted by Crippen LogP contribution is -2.33. The lowest BCUT2D eigenvalue weighted by molar-refractivity contribution is -0.129. The summed E-state index contributed by atoms with van der Waals surface area (Å²) in [5.74, 6) is -0.771. The van der Waals surface area contributed by atoms with Gasteiger partial charge in [-0.15, -0.1) is 0 Å². The van der Waals surface area contributed by atoms with Gasteiger partial charge in [0.15, 0.2) is 10.7 Å². The zero-order valence-electron chi connectivity index (χ0n) is 20.7. The molecule has 0 bridgehead atoms. The van der Waals surface area contributed by atoms with Crippen molar-refractivity contribution >= 4 is 39.0 Å². The number of aliphatic hydroxyl groups excluding tert-OH is 1. The summed E-state index contributed by atoms with van der Waals surface area (Å²) in [4.78, 5) is 36.7. The van der Waals surface area contributed by atoms with E-state index in [-0.39, 0.29) is 11.4 Å². The number of hydrogen-bond acceptors (Lipinski definition) is 7. The lowest BCUT2D eigenvalue weighted by atomic mass is 9.94. The minimum atomic E-state index is -0.715. The fraction of sp³-hybridized carbons (Fsp3) is 0.296. The predicted octanol–water partition coefficient (Wildman–Crippen LogP) is 4.40. The van der Waals surface area contributed by atoms with E-state index in [0.717, 1.165) is 23.3 Å². The molecule has 0 radical (unpaired) electrons. The average molecular weight is 505 g/mol. The highest BCUT2D eigenvalue weighted by Gasteiger charge is 2.44. The average Bonchev–Trinajstić information content (AvgIpc) is 3.48. The van der Waals surface area contributed by atoms with E-state index in [1.54, 1.807) is 12.0 Å². The number of hydrogen-bond donors (Lipinski definition) is 1. The van der Waals surface area contributed by atoms with Crippen LogP contribution in [0.25, 0.3) is 16.0 Å². The van der Waals surface area contributed by atoms with E-state index < -0.39 is 17.7 Å². The number of ether oxygens (including phenoxy) is 1. The number of aromatic nitrogens is 2. The second-order valence-electron chi connectivity index (χ2n) is 9.16. The van der Waals surface area contributed by atoms with Crippen molar-refractivity contribution in [2.24, 2.45) is 0 Å². The summed E-state index contributed by atoms with van der Waals surface area (Å²) >= 11 is 1.27. The number of nitrogens with zero attached hydrogens (tertiary/aromatic N) is 4. The molecule has 0 aliphatic carbocycles. The standard InChI is InChI=1S/C27H28N4O4S/c1-16-25(36-27-28-19-11-5-6-12-20(19)31(16)27)23(32)21-22(17-9-7-10-18(15-17)35-4)30(26(34)24(21)33)14-8-13-29(2)3/h5-7,9-12,15,22,33H,8,13-14H2,1-4H3. The van der Waals surface area contributed by atoms with Crippen LogP contribution in [0.3, 0.4) is 0 Å². The van der Waals surface area contributed by atoms with Gasteiger partial charge in [-0.05, 0) is 63.8 Å². The minimum Gasteiger partial charge on any atom is -0.503 e. The number of thiazole rings is 1. The number of amides is 1. The van der Waals surface area contributed by atoms with Gasteiger partial charge < -0.3 is 19.6 Å². The number of ketones is 1. The number of Topliss-reactive ketones (excluding diaryl/α,β-unsaturated/α-hetero) is 1. The Balaban J connectivity index is 1.60. The molecule has 2 aromatic carbocycles. The van der Waals surface area contributed by atoms with Crippen molar-refractivity contribution in [2.45, 2.75) is 19.4 Å². The first-order valence-electron chi connectivity index (χ1n) is 11.8. The number of methoxy groups -OCH3 is 1. The van der Waals surface area contributed by atoms with Gasteiger partial charge in [0.25, 0.3) is 5.91 Å². The van der Waals surface area contributed by atoms with Gasteiger partial charge in [0, 0.05) is 12.2 Å². The van der Waals surface area contributed by atoms with Gasteiger partial charge in [-0.3, -0.25) is 14.0 Å². The van der Waals surface area contributed by atoms with Crippen LogP contribution in [-0.2, 0) is 4.79 Å². The summed E-state index contributed by atoms with van der Waals surface area (Å²) in [5, 5.41) is 11.0. The van der Waals surface area contributed by atoms with E-state index >= 15 is 0 Å². The third-order valence-corrected chi connectivity index (χ3v) is 7.70. The SMILES string of the molecule is COc1cccc(C2C(C(=O)c3sc4nc5ccccc5n4c3C)=C(O)C(=O)N2CCCN(C)C)c1. The predicted molar refractivity (Wildman–Crippen MR) is 140 cm³/mol. The van der Waals surface area contributed by atoms with Crippen LogP contribution < -0.4 is 4.74 Å². The monoisotopic (exact) mass is 504 g/mol. The summed E-state index contributed by atoms with van der Waals surface area (Å²) in [6, 6.07) is 14.3. The molecule has 1 N–H and O–H groups in total. The molecule has 4 aromatic rings. The fourth-order valence-corrected chi connectivity index (χ4v) is 5.92. The largest absolute Gasteiger partial charge is 0.503 e. The lowest BCUT2D eigenvalue weighted by Gasteiger charge is -2.27. The Hall–Kier alpha value is -3.69. The molecule has 1 aliphatic heterocycles. The molecule has 0 saturated heterocycles. The van der Waals surface area contributed by atoms with Crippen molar-refractivity contribution < 1.29 is 19.4 Å². The Kier molecular flexibility index (Phi) is 6.27. The normalized spacial score (nSPS) is 16.2. The second-order valence-corrected chi connectivity index (χ2v) is 10.1. The third kappa shape index (κ3) is 3.94. The molecule has 36 heavy (non-hydrogen) atoms. The first-order chi connectivity index (χ1) is 17.3. The molecule has 2 aromatic heterocycles. The molecule has 3 heterocycles. The van der Waals surface area contributed by atoms with Crippen molar-refractivity contribution in [2.75, 3.05) is 34.3 Å². The molecule has 1 atom stereocenters. The van der Waals surface area contributed by atoms with Crippen molar-refractivity contribution in [3.63, 3.8) is 0 Å². The maximum absolute atomic E-state index is 14.0. The Morgan fingerprint density at radius 2 is 1.97 bits per heavy atom. The van der Waals surface area contributed by atoms with Crippen LogP contribution in [0.2, 0.25) is 0 Å². The highest BCUT2D eigenvalue weighted by atomic mass is 32.1. The number of rotatable bonds is 8. The number of aliphatic hydroxyl groups is 1. The first-order valence-corrected chi connectivity index (χ1v) is 12.6. The molecule has 0 saturated carbocycles. The molecular formula is C27H28N4O4S. The maximum atomic E-state index is 14.0. The van der Waals surface area contributed by atoms with Crippen LogP contribution in [0, 0.1) is 6.92 Å². The number of carbonyl (C=O) groups is 2. The van der Waals surface area contributed by atoms with E-state index in [2.05, 4.69) is 4.98 Å². The van der Waals surface area contributed by atoms with Gasteiger partial charge in [0.2, 0.25) is 5.78 Å². The van der Waals surface area contributed by atoms with E-state index in [4.69, 9.17) is 4.74 Å². The molecule has 0 fully saturated rings. The molecule has 9 heteroatoms. The molecule has 186 valence electrons. The van der Waals surface area contributed by atoms with E-state index in [0.29, 0.717) is 34.1 Å². The topological polar surface area (TPSA) is 87.4 Å². The van der Waals surface area contributed by atoms with Crippen LogP contribution in [0.15, 0.2) is 59.9 Å². The molecule has 8 nitrogen and oxygen atoms in total. The third-order valence-electron chi connectivity index (χ3n) is 6.56. The van der Waals surface area contributed by atoms with Crippen molar-refractivity contribution in [3.05, 3.63) is 76.0 Å². The molecule has 5 rings (SSSR count). The van der Waals surface area contributed by atoms with Gasteiger partial charge in [-0.25, -0.2) is 4.98 Å². The summed E-state index contributed by atoms with van der Waals surface area (Å²) in [7, 11) is 5.51. The fourth-order valence-electron chi connectivity index (χ4n) is 4.83.